The highest BCUT2D eigenvalue weighted by Gasteiger charge is 2.26. The molecular formula is C29H32N14OS+2. The fourth-order valence-electron chi connectivity index (χ4n) is 4.47. The fraction of sp³-hybridized carbons (Fsp3) is 0.241. The van der Waals surface area contributed by atoms with Gasteiger partial charge in [-0.25, -0.2) is 18.3 Å². The number of imidazole rings is 2. The molecule has 1 saturated heterocycles. The Hall–Kier alpha value is -5.51. The second kappa shape index (κ2) is 13.0. The van der Waals surface area contributed by atoms with E-state index in [2.05, 4.69) is 51.4 Å². The molecule has 16 heteroatoms. The number of anilines is 5. The first-order valence-corrected chi connectivity index (χ1v) is 15.1. The number of carbonyl (C=O) groups is 1. The summed E-state index contributed by atoms with van der Waals surface area (Å²) < 4.78 is 7.56. The van der Waals surface area contributed by atoms with E-state index >= 15 is 0 Å². The third-order valence-corrected chi connectivity index (χ3v) is 7.93. The highest BCUT2D eigenvalue weighted by molar-refractivity contribution is 8.14. The lowest BCUT2D eigenvalue weighted by molar-refractivity contribution is -0.657. The van der Waals surface area contributed by atoms with Gasteiger partial charge in [-0.1, -0.05) is 22.0 Å². The Labute approximate surface area is 263 Å². The molecule has 1 unspecified atom stereocenters. The first-order chi connectivity index (χ1) is 21.8. The molecule has 0 saturated carbocycles. The second-order valence-corrected chi connectivity index (χ2v) is 11.4. The van der Waals surface area contributed by atoms with Crippen LogP contribution in [0.5, 0.6) is 0 Å². The van der Waals surface area contributed by atoms with E-state index in [9.17, 15) is 4.79 Å². The minimum Gasteiger partial charge on any atom is -0.343 e. The normalized spacial score (nSPS) is 14.9. The Bertz CT molecular complexity index is 1720. The molecule has 0 amide bonds. The Morgan fingerprint density at radius 1 is 0.733 bits per heavy atom. The lowest BCUT2D eigenvalue weighted by Crippen LogP contribution is -2.25. The molecule has 15 nitrogen and oxygen atoms in total. The SMILES string of the molecule is Cn1cc[n+](C)c1/N=N/c1ccc(Nc2nc(Nc3ccc(/N=N/c4n(C)cc[n+]4C)cc3)nc(NC3CCSC3=O)n2)cc1. The summed E-state index contributed by atoms with van der Waals surface area (Å²) in [6.07, 6.45) is 8.36. The number of aryl methyl sites for hydroxylation is 4. The van der Waals surface area contributed by atoms with Crippen molar-refractivity contribution < 1.29 is 13.9 Å². The molecule has 5 aromatic rings. The van der Waals surface area contributed by atoms with Gasteiger partial charge in [-0.15, -0.1) is 0 Å². The van der Waals surface area contributed by atoms with Crippen LogP contribution in [0.1, 0.15) is 6.42 Å². The number of thioether (sulfide) groups is 1. The van der Waals surface area contributed by atoms with Gasteiger partial charge in [0.1, 0.15) is 11.4 Å². The average molecular weight is 625 g/mol. The number of azo groups is 2. The number of hydrogen-bond acceptors (Lipinski definition) is 12. The van der Waals surface area contributed by atoms with E-state index in [4.69, 9.17) is 0 Å². The second-order valence-electron chi connectivity index (χ2n) is 10.3. The first-order valence-electron chi connectivity index (χ1n) is 14.1. The molecule has 0 spiro atoms. The first kappa shape index (κ1) is 29.6. The fourth-order valence-corrected chi connectivity index (χ4v) is 5.40. The number of benzene rings is 2. The molecule has 6 rings (SSSR count). The van der Waals surface area contributed by atoms with Crippen LogP contribution >= 0.6 is 11.8 Å². The van der Waals surface area contributed by atoms with Gasteiger partial charge in [-0.3, -0.25) is 4.79 Å². The van der Waals surface area contributed by atoms with Crippen molar-refractivity contribution in [3.05, 3.63) is 73.3 Å². The van der Waals surface area contributed by atoms with Crippen LogP contribution in [0.3, 0.4) is 0 Å². The molecule has 1 aliphatic rings. The predicted molar refractivity (Wildman–Crippen MR) is 170 cm³/mol. The Morgan fingerprint density at radius 2 is 1.20 bits per heavy atom. The highest BCUT2D eigenvalue weighted by Crippen LogP contribution is 2.26. The van der Waals surface area contributed by atoms with Crippen molar-refractivity contribution in [2.24, 2.45) is 48.6 Å². The van der Waals surface area contributed by atoms with Crippen LogP contribution in [-0.2, 0) is 33.0 Å². The van der Waals surface area contributed by atoms with Crippen molar-refractivity contribution >= 4 is 69.4 Å². The zero-order valence-electron chi connectivity index (χ0n) is 25.2. The molecular weight excluding hydrogens is 592 g/mol. The van der Waals surface area contributed by atoms with Crippen LogP contribution in [-0.4, -0.2) is 41.0 Å². The standard InChI is InChI=1S/C29H30N14OS/c1-40-14-15-41(2)28(40)38-36-21-9-5-19(6-10-21)30-25-33-26(35-27(34-25)32-23-13-18-45-24(23)44)31-20-7-11-22(12-8-20)37-39-29-42(3)16-17-43(29)4/h5-12,14-17,23H,13,18H2,1-4H3,(H,32,33,34,35)/p+2. The maximum atomic E-state index is 12.3. The third-order valence-electron chi connectivity index (χ3n) is 6.92. The van der Waals surface area contributed by atoms with E-state index < -0.39 is 0 Å². The summed E-state index contributed by atoms with van der Waals surface area (Å²) in [7, 11) is 7.66. The summed E-state index contributed by atoms with van der Waals surface area (Å²) in [5, 5.41) is 27.1. The van der Waals surface area contributed by atoms with E-state index in [0.717, 1.165) is 29.0 Å². The van der Waals surface area contributed by atoms with Gasteiger partial charge in [0, 0.05) is 27.4 Å². The molecule has 3 N–H and O–H groups in total. The predicted octanol–water partition coefficient (Wildman–Crippen LogP) is 4.96. The van der Waals surface area contributed by atoms with Crippen molar-refractivity contribution in [3.8, 4) is 0 Å². The zero-order valence-corrected chi connectivity index (χ0v) is 26.0. The summed E-state index contributed by atoms with van der Waals surface area (Å²) in [5.74, 6) is 3.11. The number of rotatable bonds is 10. The lowest BCUT2D eigenvalue weighted by atomic mass is 10.2. The van der Waals surface area contributed by atoms with Crippen molar-refractivity contribution in [3.63, 3.8) is 0 Å². The van der Waals surface area contributed by atoms with E-state index in [-0.39, 0.29) is 17.1 Å². The average Bonchev–Trinajstić information content (AvgIpc) is 3.69. The number of carbonyl (C=O) groups excluding carboxylic acids is 1. The summed E-state index contributed by atoms with van der Waals surface area (Å²) in [4.78, 5) is 25.9. The van der Waals surface area contributed by atoms with Crippen LogP contribution in [0.4, 0.5) is 52.5 Å². The zero-order chi connectivity index (χ0) is 31.3. The van der Waals surface area contributed by atoms with E-state index in [1.807, 2.05) is 120 Å². The van der Waals surface area contributed by atoms with Crippen LogP contribution < -0.4 is 25.1 Å². The van der Waals surface area contributed by atoms with Crippen LogP contribution in [0.15, 0.2) is 93.8 Å². The maximum absolute atomic E-state index is 12.3. The molecule has 1 atom stereocenters. The van der Waals surface area contributed by atoms with E-state index in [1.165, 1.54) is 11.8 Å². The van der Waals surface area contributed by atoms with Gasteiger partial charge in [0.2, 0.25) is 23.0 Å². The summed E-state index contributed by atoms with van der Waals surface area (Å²) >= 11 is 1.31. The maximum Gasteiger partial charge on any atom is 0.421 e. The molecule has 4 heterocycles. The largest absolute Gasteiger partial charge is 0.421 e. The van der Waals surface area contributed by atoms with Gasteiger partial charge in [0.25, 0.3) is 0 Å². The third kappa shape index (κ3) is 7.18. The van der Waals surface area contributed by atoms with E-state index in [0.29, 0.717) is 29.7 Å². The van der Waals surface area contributed by atoms with Crippen molar-refractivity contribution in [2.75, 3.05) is 21.7 Å². The van der Waals surface area contributed by atoms with Crippen LogP contribution in [0.25, 0.3) is 0 Å². The van der Waals surface area contributed by atoms with Crippen LogP contribution in [0, 0.1) is 0 Å². The highest BCUT2D eigenvalue weighted by atomic mass is 32.2. The molecule has 1 aliphatic heterocycles. The lowest BCUT2D eigenvalue weighted by Gasteiger charge is -2.13. The molecule has 45 heavy (non-hydrogen) atoms. The number of hydrogen-bond donors (Lipinski definition) is 3. The minimum atomic E-state index is -0.357. The number of nitrogens with one attached hydrogen (secondary N) is 3. The quantitative estimate of drug-likeness (QED) is 0.145. The number of nitrogens with zero attached hydrogens (tertiary/aromatic N) is 11. The van der Waals surface area contributed by atoms with Crippen molar-refractivity contribution in [2.45, 2.75) is 12.5 Å². The van der Waals surface area contributed by atoms with Gasteiger partial charge in [-0.2, -0.15) is 15.0 Å². The van der Waals surface area contributed by atoms with Gasteiger partial charge in [0.05, 0.1) is 59.0 Å². The van der Waals surface area contributed by atoms with Gasteiger partial charge >= 0.3 is 11.9 Å². The molecule has 0 bridgehead atoms. The van der Waals surface area contributed by atoms with E-state index in [1.54, 1.807) is 0 Å². The van der Waals surface area contributed by atoms with Gasteiger partial charge in [-0.05, 0) is 55.0 Å². The van der Waals surface area contributed by atoms with Gasteiger partial charge in [0.15, 0.2) is 0 Å². The Balaban J connectivity index is 1.19. The molecule has 1 fully saturated rings. The Kier molecular flexibility index (Phi) is 8.54. The van der Waals surface area contributed by atoms with Crippen molar-refractivity contribution in [1.29, 1.82) is 0 Å². The number of aromatic nitrogens is 7. The molecule has 3 aromatic heterocycles. The van der Waals surface area contributed by atoms with Crippen LogP contribution in [0.2, 0.25) is 0 Å². The van der Waals surface area contributed by atoms with Gasteiger partial charge < -0.3 is 16.0 Å². The Morgan fingerprint density at radius 3 is 1.60 bits per heavy atom. The minimum absolute atomic E-state index is 0.0711. The summed E-state index contributed by atoms with van der Waals surface area (Å²) in [6, 6.07) is 14.5. The summed E-state index contributed by atoms with van der Waals surface area (Å²) in [6.45, 7) is 0. The topological polar surface area (TPSA) is 159 Å². The van der Waals surface area contributed by atoms with Crippen molar-refractivity contribution in [1.82, 2.24) is 24.1 Å². The summed E-state index contributed by atoms with van der Waals surface area (Å²) in [5.41, 5.74) is 2.88. The monoisotopic (exact) mass is 624 g/mol. The molecule has 2 aromatic carbocycles. The smallest absolute Gasteiger partial charge is 0.343 e. The molecule has 0 radical (unpaired) electrons. The molecule has 0 aliphatic carbocycles. The molecule has 228 valence electrons.